The van der Waals surface area contributed by atoms with Crippen LogP contribution in [-0.4, -0.2) is 33.2 Å². The lowest BCUT2D eigenvalue weighted by Crippen LogP contribution is -2.29. The zero-order valence-electron chi connectivity index (χ0n) is 18.3. The van der Waals surface area contributed by atoms with Crippen LogP contribution in [0.3, 0.4) is 0 Å². The third-order valence-corrected chi connectivity index (χ3v) is 5.45. The van der Waals surface area contributed by atoms with Crippen LogP contribution in [0.4, 0.5) is 5.69 Å². The van der Waals surface area contributed by atoms with E-state index >= 15 is 0 Å². The van der Waals surface area contributed by atoms with Crippen molar-refractivity contribution >= 4 is 23.1 Å². The molecule has 0 aliphatic carbocycles. The van der Waals surface area contributed by atoms with Crippen LogP contribution in [0.5, 0.6) is 5.75 Å². The number of nitrogens with zero attached hydrogens (tertiary/aromatic N) is 2. The molecule has 9 heteroatoms. The van der Waals surface area contributed by atoms with Crippen LogP contribution in [0.2, 0.25) is 0 Å². The summed E-state index contributed by atoms with van der Waals surface area (Å²) in [4.78, 5) is 37.9. The van der Waals surface area contributed by atoms with Gasteiger partial charge < -0.3 is 19.2 Å². The molecule has 1 N–H and O–H groups in total. The lowest BCUT2D eigenvalue weighted by Gasteiger charge is -2.24. The zero-order valence-corrected chi connectivity index (χ0v) is 18.3. The third-order valence-electron chi connectivity index (χ3n) is 5.45. The summed E-state index contributed by atoms with van der Waals surface area (Å²) >= 11 is 0. The Morgan fingerprint density at radius 1 is 1.15 bits per heavy atom. The Balaban J connectivity index is 1.82. The van der Waals surface area contributed by atoms with Crippen molar-refractivity contribution in [3.05, 3.63) is 99.5 Å². The van der Waals surface area contributed by atoms with Crippen LogP contribution in [0.25, 0.3) is 5.76 Å². The van der Waals surface area contributed by atoms with Gasteiger partial charge in [-0.3, -0.25) is 19.7 Å². The molecule has 1 unspecified atom stereocenters. The highest BCUT2D eigenvalue weighted by Gasteiger charge is 2.46. The van der Waals surface area contributed by atoms with Gasteiger partial charge in [-0.2, -0.15) is 0 Å². The summed E-state index contributed by atoms with van der Waals surface area (Å²) in [5.41, 5.74) is 0.512. The van der Waals surface area contributed by atoms with E-state index in [2.05, 4.69) is 0 Å². The average molecular weight is 462 g/mol. The second-order valence-electron chi connectivity index (χ2n) is 7.73. The first kappa shape index (κ1) is 22.8. The normalized spacial score (nSPS) is 17.2. The van der Waals surface area contributed by atoms with E-state index in [4.69, 9.17) is 9.15 Å². The van der Waals surface area contributed by atoms with Crippen molar-refractivity contribution in [3.8, 4) is 5.75 Å². The Bertz CT molecular complexity index is 1250. The standard InChI is InChI=1S/C25H22N2O7/c1-2-12-33-19-6-3-5-17(14-19)23(28)21-22(16-8-10-18(11-9-16)27(31)32)26(25(30)24(21)29)15-20-7-4-13-34-20/h3-11,13-14,22,28H,2,12,15H2,1H3/b23-21+. The van der Waals surface area contributed by atoms with Crippen LogP contribution < -0.4 is 4.74 Å². The molecule has 1 fully saturated rings. The van der Waals surface area contributed by atoms with Crippen molar-refractivity contribution in [3.63, 3.8) is 0 Å². The first-order chi connectivity index (χ1) is 16.4. The van der Waals surface area contributed by atoms with E-state index in [1.54, 1.807) is 36.4 Å². The van der Waals surface area contributed by atoms with E-state index in [-0.39, 0.29) is 23.6 Å². The number of amides is 1. The van der Waals surface area contributed by atoms with Gasteiger partial charge in [0.05, 0.1) is 36.0 Å². The third kappa shape index (κ3) is 4.40. The number of hydrogen-bond donors (Lipinski definition) is 1. The Morgan fingerprint density at radius 2 is 1.91 bits per heavy atom. The minimum Gasteiger partial charge on any atom is -0.507 e. The molecule has 1 amide bonds. The van der Waals surface area contributed by atoms with E-state index in [1.807, 2.05) is 6.92 Å². The van der Waals surface area contributed by atoms with Gasteiger partial charge in [-0.25, -0.2) is 0 Å². The number of benzene rings is 2. The van der Waals surface area contributed by atoms with Crippen molar-refractivity contribution in [2.75, 3.05) is 6.61 Å². The van der Waals surface area contributed by atoms with Gasteiger partial charge in [-0.05, 0) is 48.4 Å². The van der Waals surface area contributed by atoms with Gasteiger partial charge in [-0.1, -0.05) is 19.1 Å². The number of carbonyl (C=O) groups is 2. The highest BCUT2D eigenvalue weighted by Crippen LogP contribution is 2.41. The number of ketones is 1. The number of aliphatic hydroxyl groups excluding tert-OH is 1. The zero-order chi connectivity index (χ0) is 24.2. The van der Waals surface area contributed by atoms with Crippen molar-refractivity contribution in [2.24, 2.45) is 0 Å². The highest BCUT2D eigenvalue weighted by molar-refractivity contribution is 6.46. The molecule has 1 saturated heterocycles. The molecule has 9 nitrogen and oxygen atoms in total. The minimum atomic E-state index is -0.967. The fraction of sp³-hybridized carbons (Fsp3) is 0.200. The van der Waals surface area contributed by atoms with Gasteiger partial charge in [0.25, 0.3) is 17.4 Å². The molecule has 1 atom stereocenters. The van der Waals surface area contributed by atoms with Crippen LogP contribution >= 0.6 is 0 Å². The largest absolute Gasteiger partial charge is 0.507 e. The quantitative estimate of drug-likeness (QED) is 0.171. The van der Waals surface area contributed by atoms with Gasteiger partial charge in [0.2, 0.25) is 0 Å². The maximum absolute atomic E-state index is 13.1. The van der Waals surface area contributed by atoms with Gasteiger partial charge in [-0.15, -0.1) is 0 Å². The van der Waals surface area contributed by atoms with E-state index in [0.29, 0.717) is 29.2 Å². The second kappa shape index (κ2) is 9.62. The first-order valence-corrected chi connectivity index (χ1v) is 10.7. The maximum Gasteiger partial charge on any atom is 0.296 e. The molecule has 0 saturated carbocycles. The van der Waals surface area contributed by atoms with E-state index in [9.17, 15) is 24.8 Å². The van der Waals surface area contributed by atoms with Crippen LogP contribution in [0, 0.1) is 10.1 Å². The number of ether oxygens (including phenoxy) is 1. The predicted octanol–water partition coefficient (Wildman–Crippen LogP) is 4.60. The summed E-state index contributed by atoms with van der Waals surface area (Å²) in [5, 5.41) is 22.3. The second-order valence-corrected chi connectivity index (χ2v) is 7.73. The van der Waals surface area contributed by atoms with Crippen molar-refractivity contribution in [2.45, 2.75) is 25.9 Å². The van der Waals surface area contributed by atoms with E-state index in [1.165, 1.54) is 35.4 Å². The molecule has 1 aromatic heterocycles. The van der Waals surface area contributed by atoms with Gasteiger partial charge in [0.1, 0.15) is 17.3 Å². The maximum atomic E-state index is 13.1. The molecule has 2 heterocycles. The van der Waals surface area contributed by atoms with Gasteiger partial charge in [0.15, 0.2) is 0 Å². The molecule has 4 rings (SSSR count). The smallest absolute Gasteiger partial charge is 0.296 e. The number of nitro groups is 1. The number of non-ortho nitro benzene ring substituents is 1. The number of carbonyl (C=O) groups excluding carboxylic acids is 2. The molecule has 1 aliphatic heterocycles. The lowest BCUT2D eigenvalue weighted by molar-refractivity contribution is -0.384. The van der Waals surface area contributed by atoms with Crippen LogP contribution in [-0.2, 0) is 16.1 Å². The van der Waals surface area contributed by atoms with Gasteiger partial charge >= 0.3 is 0 Å². The summed E-state index contributed by atoms with van der Waals surface area (Å²) in [7, 11) is 0. The Kier molecular flexibility index (Phi) is 6.44. The summed E-state index contributed by atoms with van der Waals surface area (Å²) in [6.45, 7) is 2.44. The Hall–Kier alpha value is -4.40. The van der Waals surface area contributed by atoms with Crippen molar-refractivity contribution in [1.82, 2.24) is 4.90 Å². The predicted molar refractivity (Wildman–Crippen MR) is 122 cm³/mol. The summed E-state index contributed by atoms with van der Waals surface area (Å²) in [6.07, 6.45) is 2.25. The summed E-state index contributed by atoms with van der Waals surface area (Å²) in [5.74, 6) is -1.05. The monoisotopic (exact) mass is 462 g/mol. The number of furan rings is 1. The molecule has 1 aliphatic rings. The summed E-state index contributed by atoms with van der Waals surface area (Å²) < 4.78 is 11.0. The number of Topliss-reactive ketones (excluding diaryl/α,β-unsaturated/α-hetero) is 1. The molecule has 0 radical (unpaired) electrons. The topological polar surface area (TPSA) is 123 Å². The molecule has 3 aromatic rings. The summed E-state index contributed by atoms with van der Waals surface area (Å²) in [6, 6.07) is 14.5. The van der Waals surface area contributed by atoms with Gasteiger partial charge in [0, 0.05) is 17.7 Å². The molecule has 174 valence electrons. The average Bonchev–Trinajstić information content (AvgIpc) is 3.45. The number of hydrogen-bond acceptors (Lipinski definition) is 7. The molecule has 2 aromatic carbocycles. The number of rotatable bonds is 8. The Labute approximate surface area is 195 Å². The molecule has 34 heavy (non-hydrogen) atoms. The van der Waals surface area contributed by atoms with E-state index in [0.717, 1.165) is 6.42 Å². The SMILES string of the molecule is CCCOc1cccc(/C(O)=C2\C(=O)C(=O)N(Cc3ccco3)C2c2ccc([N+](=O)[O-])cc2)c1. The fourth-order valence-corrected chi connectivity index (χ4v) is 3.85. The lowest BCUT2D eigenvalue weighted by atomic mass is 9.95. The molecular weight excluding hydrogens is 440 g/mol. The minimum absolute atomic E-state index is 0.0182. The highest BCUT2D eigenvalue weighted by atomic mass is 16.6. The van der Waals surface area contributed by atoms with Crippen LogP contribution in [0.15, 0.2) is 76.9 Å². The number of likely N-dealkylation sites (tertiary alicyclic amines) is 1. The molecule has 0 bridgehead atoms. The van der Waals surface area contributed by atoms with Crippen molar-refractivity contribution < 1.29 is 28.8 Å². The van der Waals surface area contributed by atoms with Crippen molar-refractivity contribution in [1.29, 1.82) is 0 Å². The fourth-order valence-electron chi connectivity index (χ4n) is 3.85. The Morgan fingerprint density at radius 3 is 2.56 bits per heavy atom. The number of nitro benzene ring substituents is 1. The first-order valence-electron chi connectivity index (χ1n) is 10.7. The van der Waals surface area contributed by atoms with Crippen LogP contribution in [0.1, 0.15) is 36.3 Å². The molecular formula is C25H22N2O7. The number of aliphatic hydroxyl groups is 1. The van der Waals surface area contributed by atoms with E-state index < -0.39 is 22.7 Å². The molecule has 0 spiro atoms.